The van der Waals surface area contributed by atoms with Gasteiger partial charge in [-0.05, 0) is 57.6 Å². The van der Waals surface area contributed by atoms with Crippen molar-refractivity contribution in [3.05, 3.63) is 23.5 Å². The highest BCUT2D eigenvalue weighted by Gasteiger charge is 2.44. The molecule has 8 nitrogen and oxygen atoms in total. The van der Waals surface area contributed by atoms with E-state index in [1.54, 1.807) is 4.90 Å². The molecule has 1 N–H and O–H groups in total. The summed E-state index contributed by atoms with van der Waals surface area (Å²) in [5, 5.41) is 2.38. The van der Waals surface area contributed by atoms with Crippen molar-refractivity contribution in [3.63, 3.8) is 0 Å². The van der Waals surface area contributed by atoms with Crippen molar-refractivity contribution in [3.8, 4) is 0 Å². The van der Waals surface area contributed by atoms with Crippen LogP contribution in [0.2, 0.25) is 0 Å². The van der Waals surface area contributed by atoms with E-state index in [0.29, 0.717) is 25.4 Å². The first kappa shape index (κ1) is 24.5. The van der Waals surface area contributed by atoms with Gasteiger partial charge in [-0.2, -0.15) is 0 Å². The lowest BCUT2D eigenvalue weighted by molar-refractivity contribution is -0.142. The van der Waals surface area contributed by atoms with Crippen molar-refractivity contribution in [2.45, 2.75) is 94.9 Å². The molecule has 0 radical (unpaired) electrons. The van der Waals surface area contributed by atoms with Gasteiger partial charge in [0.15, 0.2) is 0 Å². The monoisotopic (exact) mass is 485 g/mol. The van der Waals surface area contributed by atoms with Gasteiger partial charge in [0, 0.05) is 57.1 Å². The van der Waals surface area contributed by atoms with Gasteiger partial charge in [-0.25, -0.2) is 0 Å². The van der Waals surface area contributed by atoms with Crippen LogP contribution in [-0.4, -0.2) is 78.1 Å². The zero-order valence-electron chi connectivity index (χ0n) is 21.1. The highest BCUT2D eigenvalue weighted by atomic mass is 16.5. The lowest BCUT2D eigenvalue weighted by Crippen LogP contribution is -2.53. The first-order chi connectivity index (χ1) is 16.9. The first-order valence-electron chi connectivity index (χ1n) is 13.4. The Morgan fingerprint density at radius 1 is 1.03 bits per heavy atom. The van der Waals surface area contributed by atoms with E-state index >= 15 is 0 Å². The summed E-state index contributed by atoms with van der Waals surface area (Å²) in [6.45, 7) is 4.79. The van der Waals surface area contributed by atoms with Crippen molar-refractivity contribution in [2.75, 3.05) is 26.7 Å². The molecule has 5 aliphatic rings. The maximum absolute atomic E-state index is 13.0. The van der Waals surface area contributed by atoms with Crippen LogP contribution in [0.25, 0.3) is 0 Å². The van der Waals surface area contributed by atoms with Gasteiger partial charge < -0.3 is 14.4 Å². The van der Waals surface area contributed by atoms with Gasteiger partial charge >= 0.3 is 0 Å². The molecule has 0 spiro atoms. The molecular weight excluding hydrogens is 446 g/mol. The number of allylic oxidation sites excluding steroid dienone is 3. The number of hydrogen-bond donors (Lipinski definition) is 1. The highest BCUT2D eigenvalue weighted by Crippen LogP contribution is 2.38. The third-order valence-corrected chi connectivity index (χ3v) is 8.89. The Kier molecular flexibility index (Phi) is 7.04. The second-order valence-corrected chi connectivity index (χ2v) is 11.1. The van der Waals surface area contributed by atoms with Crippen molar-refractivity contribution >= 4 is 17.7 Å². The number of ether oxygens (including phenoxy) is 2. The molecule has 0 aromatic rings. The Labute approximate surface area is 208 Å². The lowest BCUT2D eigenvalue weighted by atomic mass is 9.90. The van der Waals surface area contributed by atoms with Crippen LogP contribution < -0.4 is 5.32 Å². The Bertz CT molecular complexity index is 920. The molecule has 0 aromatic carbocycles. The van der Waals surface area contributed by atoms with Gasteiger partial charge in [0.05, 0.1) is 11.4 Å². The molecule has 35 heavy (non-hydrogen) atoms. The zero-order valence-corrected chi connectivity index (χ0v) is 21.1. The second kappa shape index (κ2) is 10.1. The van der Waals surface area contributed by atoms with Crippen molar-refractivity contribution in [1.82, 2.24) is 15.1 Å². The van der Waals surface area contributed by atoms with Crippen LogP contribution in [0.4, 0.5) is 0 Å². The van der Waals surface area contributed by atoms with Gasteiger partial charge in [0.1, 0.15) is 12.1 Å². The molecule has 4 fully saturated rings. The number of hydrogen-bond acceptors (Lipinski definition) is 6. The van der Waals surface area contributed by atoms with E-state index in [0.717, 1.165) is 50.1 Å². The quantitative estimate of drug-likeness (QED) is 0.476. The number of carbonyl (C=O) groups excluding carboxylic acids is 3. The van der Waals surface area contributed by atoms with Gasteiger partial charge in [0.2, 0.25) is 11.8 Å². The van der Waals surface area contributed by atoms with Crippen LogP contribution in [0.15, 0.2) is 23.5 Å². The molecule has 192 valence electrons. The van der Waals surface area contributed by atoms with E-state index in [4.69, 9.17) is 9.47 Å². The molecule has 2 aliphatic carbocycles. The summed E-state index contributed by atoms with van der Waals surface area (Å²) < 4.78 is 12.5. The molecular formula is C27H39N3O5. The minimum atomic E-state index is -0.556. The highest BCUT2D eigenvalue weighted by molar-refractivity contribution is 6.04. The standard InChI is InChI=1S/C27H39N3O5/c1-27(34-2)12-14-29(15-13-27)21-6-4-3-5-7-23(21)35-19-8-9-20-18(16-19)17-30(26(20)33)22-10-11-24(31)28-25(22)32/h8-9,18,21-23H,3-7,10-17H2,1-2H3,(H,28,31,32). The number of nitrogens with zero attached hydrogens (tertiary/aromatic N) is 2. The molecule has 8 heteroatoms. The van der Waals surface area contributed by atoms with Gasteiger partial charge in [-0.15, -0.1) is 0 Å². The molecule has 1 saturated carbocycles. The second-order valence-electron chi connectivity index (χ2n) is 11.1. The minimum Gasteiger partial charge on any atom is -0.493 e. The summed E-state index contributed by atoms with van der Waals surface area (Å²) in [5.41, 5.74) is 0.739. The molecule has 3 aliphatic heterocycles. The number of rotatable bonds is 5. The first-order valence-corrected chi connectivity index (χ1v) is 13.4. The summed E-state index contributed by atoms with van der Waals surface area (Å²) in [7, 11) is 1.82. The largest absolute Gasteiger partial charge is 0.493 e. The number of nitrogens with one attached hydrogen (secondary N) is 1. The predicted molar refractivity (Wildman–Crippen MR) is 130 cm³/mol. The van der Waals surface area contributed by atoms with E-state index < -0.39 is 6.04 Å². The number of methoxy groups -OCH3 is 1. The number of carbonyl (C=O) groups is 3. The van der Waals surface area contributed by atoms with Gasteiger partial charge in [-0.1, -0.05) is 12.8 Å². The normalized spacial score (nSPS) is 34.0. The molecule has 4 unspecified atom stereocenters. The Morgan fingerprint density at radius 3 is 2.54 bits per heavy atom. The zero-order chi connectivity index (χ0) is 24.6. The predicted octanol–water partition coefficient (Wildman–Crippen LogP) is 2.68. The summed E-state index contributed by atoms with van der Waals surface area (Å²) >= 11 is 0. The number of fused-ring (bicyclic) bond motifs is 1. The van der Waals surface area contributed by atoms with Crippen molar-refractivity contribution in [1.29, 1.82) is 0 Å². The summed E-state index contributed by atoms with van der Waals surface area (Å²) in [5.74, 6) is 0.291. The molecule has 3 amide bonds. The third kappa shape index (κ3) is 5.05. The van der Waals surface area contributed by atoms with E-state index in [1.165, 1.54) is 19.3 Å². The Balaban J connectivity index is 1.23. The average Bonchev–Trinajstić information content (AvgIpc) is 3.00. The molecule has 3 saturated heterocycles. The van der Waals surface area contributed by atoms with Gasteiger partial charge in [0.25, 0.3) is 5.91 Å². The van der Waals surface area contributed by atoms with Crippen molar-refractivity contribution in [2.24, 2.45) is 5.92 Å². The van der Waals surface area contributed by atoms with Crippen molar-refractivity contribution < 1.29 is 23.9 Å². The SMILES string of the molecule is COC1(C)CCN(C2CCCCCC2OC2=CC=C3C(=O)N(C4CCC(=O)NC4=O)CC3C2)CC1. The van der Waals surface area contributed by atoms with Crippen LogP contribution >= 0.6 is 0 Å². The molecule has 5 rings (SSSR count). The Morgan fingerprint density at radius 2 is 1.80 bits per heavy atom. The minimum absolute atomic E-state index is 0.0198. The summed E-state index contributed by atoms with van der Waals surface area (Å²) in [6, 6.07) is -0.144. The van der Waals surface area contributed by atoms with Gasteiger partial charge in [-0.3, -0.25) is 24.6 Å². The molecule has 0 aromatic heterocycles. The lowest BCUT2D eigenvalue weighted by Gasteiger charge is -2.44. The van der Waals surface area contributed by atoms with E-state index in [2.05, 4.69) is 17.1 Å². The number of amides is 3. The fraction of sp³-hybridized carbons (Fsp3) is 0.741. The van der Waals surface area contributed by atoms with E-state index in [9.17, 15) is 14.4 Å². The van der Waals surface area contributed by atoms with E-state index in [-0.39, 0.29) is 41.8 Å². The smallest absolute Gasteiger partial charge is 0.250 e. The molecule has 3 heterocycles. The van der Waals surface area contributed by atoms with Crippen LogP contribution in [0.5, 0.6) is 0 Å². The molecule has 0 bridgehead atoms. The third-order valence-electron chi connectivity index (χ3n) is 8.89. The fourth-order valence-electron chi connectivity index (χ4n) is 6.51. The average molecular weight is 486 g/mol. The Hall–Kier alpha value is -2.19. The number of imide groups is 1. The summed E-state index contributed by atoms with van der Waals surface area (Å²) in [6.07, 6.45) is 13.4. The van der Waals surface area contributed by atoms with Crippen LogP contribution in [-0.2, 0) is 23.9 Å². The number of likely N-dealkylation sites (tertiary alicyclic amines) is 2. The topological polar surface area (TPSA) is 88.2 Å². The summed E-state index contributed by atoms with van der Waals surface area (Å²) in [4.78, 5) is 41.2. The van der Waals surface area contributed by atoms with E-state index in [1.807, 2.05) is 19.3 Å². The maximum atomic E-state index is 13.0. The fourth-order valence-corrected chi connectivity index (χ4v) is 6.51. The maximum Gasteiger partial charge on any atom is 0.250 e. The molecule has 4 atom stereocenters. The van der Waals surface area contributed by atoms with Crippen LogP contribution in [0, 0.1) is 5.92 Å². The number of piperidine rings is 2. The van der Waals surface area contributed by atoms with Crippen LogP contribution in [0.1, 0.15) is 71.1 Å². The van der Waals surface area contributed by atoms with Crippen LogP contribution in [0.3, 0.4) is 0 Å².